The average molecular weight is 344 g/mol. The van der Waals surface area contributed by atoms with Crippen LogP contribution in [0.25, 0.3) is 0 Å². The molecule has 1 aromatic heterocycles. The summed E-state index contributed by atoms with van der Waals surface area (Å²) in [6.45, 7) is 10.0. The molecule has 2 aromatic rings. The fourth-order valence-electron chi connectivity index (χ4n) is 2.82. The third-order valence-electron chi connectivity index (χ3n) is 4.13. The lowest BCUT2D eigenvalue weighted by Crippen LogP contribution is -2.38. The van der Waals surface area contributed by atoms with Gasteiger partial charge >= 0.3 is 5.82 Å². The van der Waals surface area contributed by atoms with E-state index < -0.39 is 4.92 Å². The van der Waals surface area contributed by atoms with Crippen molar-refractivity contribution < 1.29 is 9.72 Å². The molecule has 0 saturated heterocycles. The second-order valence-corrected chi connectivity index (χ2v) is 6.49. The molecule has 25 heavy (non-hydrogen) atoms. The first-order chi connectivity index (χ1) is 11.7. The lowest BCUT2D eigenvalue weighted by atomic mass is 10.1. The molecule has 1 heterocycles. The van der Waals surface area contributed by atoms with Crippen LogP contribution in [0.3, 0.4) is 0 Å². The van der Waals surface area contributed by atoms with Crippen LogP contribution >= 0.6 is 0 Å². The summed E-state index contributed by atoms with van der Waals surface area (Å²) in [5.41, 5.74) is 3.05. The Bertz CT molecular complexity index is 796. The Labute approximate surface area is 147 Å². The minimum atomic E-state index is -0.526. The van der Waals surface area contributed by atoms with Gasteiger partial charge in [0.1, 0.15) is 6.20 Å². The van der Waals surface area contributed by atoms with Crippen molar-refractivity contribution in [1.82, 2.24) is 9.55 Å². The third-order valence-corrected chi connectivity index (χ3v) is 4.13. The number of rotatable bonds is 6. The number of carbonyl (C=O) groups is 1. The predicted octanol–water partition coefficient (Wildman–Crippen LogP) is 3.55. The Morgan fingerprint density at radius 1 is 1.32 bits per heavy atom. The highest BCUT2D eigenvalue weighted by atomic mass is 16.6. The van der Waals surface area contributed by atoms with Gasteiger partial charge in [0.25, 0.3) is 0 Å². The van der Waals surface area contributed by atoms with Crippen molar-refractivity contribution in [2.75, 3.05) is 4.90 Å². The van der Waals surface area contributed by atoms with Crippen molar-refractivity contribution in [1.29, 1.82) is 0 Å². The van der Waals surface area contributed by atoms with Gasteiger partial charge < -0.3 is 19.6 Å². The molecule has 0 unspecified atom stereocenters. The zero-order valence-electron chi connectivity index (χ0n) is 15.3. The monoisotopic (exact) mass is 344 g/mol. The number of anilines is 1. The van der Waals surface area contributed by atoms with Crippen molar-refractivity contribution >= 4 is 17.4 Å². The second-order valence-electron chi connectivity index (χ2n) is 6.49. The number of hydrogen-bond donors (Lipinski definition) is 0. The van der Waals surface area contributed by atoms with Crippen LogP contribution in [-0.4, -0.2) is 26.4 Å². The second kappa shape index (κ2) is 7.46. The van der Waals surface area contributed by atoms with Gasteiger partial charge in [-0.3, -0.25) is 4.79 Å². The molecule has 0 fully saturated rings. The largest absolute Gasteiger partial charge is 0.381 e. The van der Waals surface area contributed by atoms with Gasteiger partial charge in [-0.2, -0.15) is 0 Å². The molecule has 0 radical (unpaired) electrons. The quantitative estimate of drug-likeness (QED) is 0.593. The molecule has 1 amide bonds. The van der Waals surface area contributed by atoms with Crippen LogP contribution < -0.4 is 4.90 Å². The molecule has 0 aliphatic carbocycles. The van der Waals surface area contributed by atoms with E-state index in [1.807, 2.05) is 45.9 Å². The number of aromatic nitrogens is 2. The number of benzene rings is 1. The molecule has 134 valence electrons. The maximum atomic E-state index is 12.8. The van der Waals surface area contributed by atoms with E-state index in [1.165, 1.54) is 6.20 Å². The zero-order valence-corrected chi connectivity index (χ0v) is 15.3. The van der Waals surface area contributed by atoms with Crippen LogP contribution in [0, 0.1) is 30.9 Å². The van der Waals surface area contributed by atoms with Crippen LogP contribution in [0.4, 0.5) is 11.5 Å². The van der Waals surface area contributed by atoms with E-state index in [0.29, 0.717) is 12.4 Å². The summed E-state index contributed by atoms with van der Waals surface area (Å²) in [6.07, 6.45) is 1.63. The summed E-state index contributed by atoms with van der Waals surface area (Å²) in [5, 5.41) is 10.8. The summed E-state index contributed by atoms with van der Waals surface area (Å²) in [5.74, 6) is 0.321. The molecule has 0 atom stereocenters. The highest BCUT2D eigenvalue weighted by molar-refractivity contribution is 5.94. The SMILES string of the molecule is Cc1ccc(C)c(N(C(=O)CCn2cc([N+](=O)[O-])nc2C)C(C)C)c1. The summed E-state index contributed by atoms with van der Waals surface area (Å²) >= 11 is 0. The van der Waals surface area contributed by atoms with Crippen LogP contribution in [-0.2, 0) is 11.3 Å². The molecule has 0 aliphatic heterocycles. The van der Waals surface area contributed by atoms with Crippen LogP contribution in [0.2, 0.25) is 0 Å². The minimum Gasteiger partial charge on any atom is -0.358 e. The van der Waals surface area contributed by atoms with E-state index in [9.17, 15) is 14.9 Å². The summed E-state index contributed by atoms with van der Waals surface area (Å²) in [4.78, 5) is 28.8. The van der Waals surface area contributed by atoms with Crippen molar-refractivity contribution in [2.45, 2.75) is 53.6 Å². The highest BCUT2D eigenvalue weighted by Crippen LogP contribution is 2.24. The van der Waals surface area contributed by atoms with Gasteiger partial charge in [0.05, 0.1) is 0 Å². The number of carbonyl (C=O) groups excluding carboxylic acids is 1. The predicted molar refractivity (Wildman–Crippen MR) is 96.8 cm³/mol. The third kappa shape index (κ3) is 4.23. The summed E-state index contributed by atoms with van der Waals surface area (Å²) in [6, 6.07) is 6.07. The first-order valence-corrected chi connectivity index (χ1v) is 8.28. The van der Waals surface area contributed by atoms with Gasteiger partial charge in [0.15, 0.2) is 0 Å². The molecule has 0 aliphatic rings. The lowest BCUT2D eigenvalue weighted by Gasteiger charge is -2.29. The van der Waals surface area contributed by atoms with Crippen molar-refractivity contribution in [3.8, 4) is 0 Å². The molecule has 7 heteroatoms. The first-order valence-electron chi connectivity index (χ1n) is 8.28. The Kier molecular flexibility index (Phi) is 5.56. The fraction of sp³-hybridized carbons (Fsp3) is 0.444. The van der Waals surface area contributed by atoms with Gasteiger partial charge in [0, 0.05) is 31.6 Å². The maximum absolute atomic E-state index is 12.8. The van der Waals surface area contributed by atoms with Gasteiger partial charge in [-0.15, -0.1) is 0 Å². The molecule has 0 bridgehead atoms. The van der Waals surface area contributed by atoms with Gasteiger partial charge in [-0.25, -0.2) is 0 Å². The van der Waals surface area contributed by atoms with Gasteiger partial charge in [0.2, 0.25) is 11.7 Å². The molecule has 1 aromatic carbocycles. The van der Waals surface area contributed by atoms with E-state index in [1.54, 1.807) is 16.4 Å². The van der Waals surface area contributed by atoms with Crippen LogP contribution in [0.5, 0.6) is 0 Å². The number of nitrogens with zero attached hydrogens (tertiary/aromatic N) is 4. The lowest BCUT2D eigenvalue weighted by molar-refractivity contribution is -0.389. The topological polar surface area (TPSA) is 81.3 Å². The molecular formula is C18H24N4O3. The number of aryl methyl sites for hydroxylation is 4. The number of imidazole rings is 1. The number of nitro groups is 1. The molecule has 0 saturated carbocycles. The van der Waals surface area contributed by atoms with Gasteiger partial charge in [-0.1, -0.05) is 12.1 Å². The van der Waals surface area contributed by atoms with Crippen molar-refractivity contribution in [3.05, 3.63) is 51.5 Å². The van der Waals surface area contributed by atoms with E-state index in [0.717, 1.165) is 16.8 Å². The minimum absolute atomic E-state index is 0.0144. The Morgan fingerprint density at radius 3 is 2.56 bits per heavy atom. The maximum Gasteiger partial charge on any atom is 0.381 e. The van der Waals surface area contributed by atoms with E-state index in [4.69, 9.17) is 0 Å². The molecule has 0 spiro atoms. The van der Waals surface area contributed by atoms with Crippen LogP contribution in [0.15, 0.2) is 24.4 Å². The Hall–Kier alpha value is -2.70. The Morgan fingerprint density at radius 2 is 2.00 bits per heavy atom. The normalized spacial score (nSPS) is 11.0. The first kappa shape index (κ1) is 18.6. The number of amides is 1. The highest BCUT2D eigenvalue weighted by Gasteiger charge is 2.22. The smallest absolute Gasteiger partial charge is 0.358 e. The average Bonchev–Trinajstić information content (AvgIpc) is 2.90. The molecule has 7 nitrogen and oxygen atoms in total. The summed E-state index contributed by atoms with van der Waals surface area (Å²) < 4.78 is 1.65. The van der Waals surface area contributed by atoms with E-state index in [-0.39, 0.29) is 24.2 Å². The molecule has 2 rings (SSSR count). The fourth-order valence-corrected chi connectivity index (χ4v) is 2.82. The number of hydrogen-bond acceptors (Lipinski definition) is 4. The molecule has 0 N–H and O–H groups in total. The zero-order chi connectivity index (χ0) is 18.7. The molecular weight excluding hydrogens is 320 g/mol. The van der Waals surface area contributed by atoms with E-state index in [2.05, 4.69) is 4.98 Å². The Balaban J connectivity index is 2.19. The van der Waals surface area contributed by atoms with Crippen molar-refractivity contribution in [2.24, 2.45) is 0 Å². The van der Waals surface area contributed by atoms with Crippen LogP contribution in [0.1, 0.15) is 37.2 Å². The van der Waals surface area contributed by atoms with Crippen molar-refractivity contribution in [3.63, 3.8) is 0 Å². The standard InChI is InChI=1S/C18H24N4O3/c1-12(2)21(16-10-13(3)6-7-14(16)4)18(23)8-9-20-11-17(22(24)25)19-15(20)5/h6-7,10-12H,8-9H2,1-5H3. The van der Waals surface area contributed by atoms with Gasteiger partial charge in [-0.05, 0) is 54.8 Å². The summed E-state index contributed by atoms with van der Waals surface area (Å²) in [7, 11) is 0. The van der Waals surface area contributed by atoms with E-state index >= 15 is 0 Å².